The van der Waals surface area contributed by atoms with Gasteiger partial charge in [-0.25, -0.2) is 0 Å². The molecule has 0 aliphatic rings. The third-order valence-electron chi connectivity index (χ3n) is 1.11. The van der Waals surface area contributed by atoms with E-state index >= 15 is 0 Å². The van der Waals surface area contributed by atoms with E-state index < -0.39 is 0 Å². The topological polar surface area (TPSA) is 38.9 Å². The van der Waals surface area contributed by atoms with Crippen LogP contribution in [0.5, 0.6) is 0 Å². The molecule has 0 fully saturated rings. The zero-order valence-corrected chi connectivity index (χ0v) is 7.81. The van der Waals surface area contributed by atoms with Crippen molar-refractivity contribution in [3.05, 3.63) is 11.8 Å². The van der Waals surface area contributed by atoms with Crippen LogP contribution in [0.25, 0.3) is 0 Å². The fraction of sp³-hybridized carbons (Fsp3) is 0.714. The van der Waals surface area contributed by atoms with Gasteiger partial charge < -0.3 is 4.42 Å². The molecule has 1 aromatic heterocycles. The van der Waals surface area contributed by atoms with Crippen LogP contribution in [-0.2, 0) is 5.75 Å². The fourth-order valence-electron chi connectivity index (χ4n) is 0.634. The van der Waals surface area contributed by atoms with Crippen LogP contribution in [0.3, 0.4) is 0 Å². The minimum atomic E-state index is 0.613. The Balaban J connectivity index is 2.39. The van der Waals surface area contributed by atoms with Crippen molar-refractivity contribution in [2.45, 2.75) is 31.8 Å². The van der Waals surface area contributed by atoms with Crippen molar-refractivity contribution in [1.29, 1.82) is 0 Å². The fourth-order valence-corrected chi connectivity index (χ4v) is 1.23. The molecule has 0 atom stereocenters. The normalized spacial score (nSPS) is 10.9. The summed E-state index contributed by atoms with van der Waals surface area (Å²) < 4.78 is 5.19. The summed E-state index contributed by atoms with van der Waals surface area (Å²) >= 11 is 1.80. The number of aromatic nitrogens is 2. The van der Waals surface area contributed by atoms with E-state index in [1.165, 1.54) is 0 Å². The molecule has 0 spiro atoms. The van der Waals surface area contributed by atoms with E-state index in [4.69, 9.17) is 4.42 Å². The highest BCUT2D eigenvalue weighted by molar-refractivity contribution is 7.99. The van der Waals surface area contributed by atoms with Gasteiger partial charge in [-0.1, -0.05) is 13.8 Å². The van der Waals surface area contributed by atoms with Crippen LogP contribution in [0, 0.1) is 6.92 Å². The lowest BCUT2D eigenvalue weighted by Gasteiger charge is -1.98. The molecule has 0 radical (unpaired) electrons. The first-order valence-corrected chi connectivity index (χ1v) is 4.64. The first-order chi connectivity index (χ1) is 5.18. The predicted octanol–water partition coefficient (Wildman–Crippen LogP) is 2.02. The van der Waals surface area contributed by atoms with E-state index in [1.54, 1.807) is 18.7 Å². The van der Waals surface area contributed by atoms with Gasteiger partial charge >= 0.3 is 0 Å². The molecule has 0 bridgehead atoms. The highest BCUT2D eigenvalue weighted by atomic mass is 32.2. The summed E-state index contributed by atoms with van der Waals surface area (Å²) in [7, 11) is 0. The molecule has 62 valence electrons. The minimum Gasteiger partial charge on any atom is -0.425 e. The maximum atomic E-state index is 5.19. The Morgan fingerprint density at radius 3 is 2.64 bits per heavy atom. The first kappa shape index (κ1) is 8.59. The Labute approximate surface area is 70.6 Å². The van der Waals surface area contributed by atoms with Gasteiger partial charge in [0.1, 0.15) is 0 Å². The quantitative estimate of drug-likeness (QED) is 0.699. The number of nitrogens with zero attached hydrogens (tertiary/aromatic N) is 2. The van der Waals surface area contributed by atoms with Crippen LogP contribution in [0.1, 0.15) is 25.6 Å². The summed E-state index contributed by atoms with van der Waals surface area (Å²) in [5, 5.41) is 8.23. The lowest BCUT2D eigenvalue weighted by Crippen LogP contribution is -1.88. The summed E-state index contributed by atoms with van der Waals surface area (Å²) in [5.41, 5.74) is 0. The lowest BCUT2D eigenvalue weighted by molar-refractivity contribution is 0.485. The van der Waals surface area contributed by atoms with Crippen LogP contribution in [-0.4, -0.2) is 15.4 Å². The lowest BCUT2D eigenvalue weighted by atomic mass is 10.6. The second kappa shape index (κ2) is 3.76. The Kier molecular flexibility index (Phi) is 2.93. The van der Waals surface area contributed by atoms with Crippen molar-refractivity contribution >= 4 is 11.8 Å². The minimum absolute atomic E-state index is 0.613. The molecule has 11 heavy (non-hydrogen) atoms. The van der Waals surface area contributed by atoms with E-state index in [-0.39, 0.29) is 0 Å². The van der Waals surface area contributed by atoms with E-state index in [9.17, 15) is 0 Å². The van der Waals surface area contributed by atoms with Crippen LogP contribution >= 0.6 is 11.8 Å². The molecule has 3 nitrogen and oxygen atoms in total. The van der Waals surface area contributed by atoms with Crippen molar-refractivity contribution < 1.29 is 4.42 Å². The Morgan fingerprint density at radius 1 is 1.45 bits per heavy atom. The monoisotopic (exact) mass is 172 g/mol. The summed E-state index contributed by atoms with van der Waals surface area (Å²) in [6.07, 6.45) is 0. The van der Waals surface area contributed by atoms with Crippen molar-refractivity contribution in [1.82, 2.24) is 10.2 Å². The molecule has 0 aromatic carbocycles. The van der Waals surface area contributed by atoms with Gasteiger partial charge in [0.25, 0.3) is 0 Å². The van der Waals surface area contributed by atoms with Gasteiger partial charge in [0.05, 0.1) is 5.75 Å². The first-order valence-electron chi connectivity index (χ1n) is 3.59. The molecular weight excluding hydrogens is 160 g/mol. The molecule has 0 amide bonds. The molecule has 4 heteroatoms. The summed E-state index contributed by atoms with van der Waals surface area (Å²) in [6.45, 7) is 6.10. The number of hydrogen-bond donors (Lipinski definition) is 0. The van der Waals surface area contributed by atoms with E-state index in [0.29, 0.717) is 11.1 Å². The number of thioether (sulfide) groups is 1. The highest BCUT2D eigenvalue weighted by Crippen LogP contribution is 2.15. The molecule has 1 heterocycles. The van der Waals surface area contributed by atoms with Gasteiger partial charge in [-0.2, -0.15) is 0 Å². The van der Waals surface area contributed by atoms with Gasteiger partial charge in [0.2, 0.25) is 11.8 Å². The van der Waals surface area contributed by atoms with Gasteiger partial charge in [-0.3, -0.25) is 0 Å². The molecule has 0 saturated carbocycles. The maximum absolute atomic E-state index is 5.19. The van der Waals surface area contributed by atoms with Crippen LogP contribution < -0.4 is 0 Å². The predicted molar refractivity (Wildman–Crippen MR) is 45.5 cm³/mol. The van der Waals surface area contributed by atoms with Crippen molar-refractivity contribution in [2.24, 2.45) is 0 Å². The van der Waals surface area contributed by atoms with Crippen LogP contribution in [0.15, 0.2) is 4.42 Å². The smallest absolute Gasteiger partial charge is 0.226 e. The van der Waals surface area contributed by atoms with Crippen LogP contribution in [0.4, 0.5) is 0 Å². The molecule has 0 aliphatic carbocycles. The van der Waals surface area contributed by atoms with Crippen molar-refractivity contribution in [3.63, 3.8) is 0 Å². The van der Waals surface area contributed by atoms with Gasteiger partial charge in [-0.15, -0.1) is 22.0 Å². The number of rotatable bonds is 3. The highest BCUT2D eigenvalue weighted by Gasteiger charge is 2.02. The molecule has 0 unspecified atom stereocenters. The standard InChI is InChI=1S/C7H12N2OS/c1-5(2)11-4-7-9-8-6(3)10-7/h5H,4H2,1-3H3. The summed E-state index contributed by atoms with van der Waals surface area (Å²) in [5.74, 6) is 2.18. The van der Waals surface area contributed by atoms with Crippen LogP contribution in [0.2, 0.25) is 0 Å². The summed E-state index contributed by atoms with van der Waals surface area (Å²) in [4.78, 5) is 0. The van der Waals surface area contributed by atoms with Crippen molar-refractivity contribution in [2.75, 3.05) is 0 Å². The van der Waals surface area contributed by atoms with Gasteiger partial charge in [0, 0.05) is 6.92 Å². The molecule has 0 N–H and O–H groups in total. The molecule has 1 rings (SSSR count). The van der Waals surface area contributed by atoms with E-state index in [2.05, 4.69) is 24.0 Å². The molecular formula is C7H12N2OS. The Morgan fingerprint density at radius 2 is 2.18 bits per heavy atom. The van der Waals surface area contributed by atoms with Crippen molar-refractivity contribution in [3.8, 4) is 0 Å². The van der Waals surface area contributed by atoms with Gasteiger partial charge in [0.15, 0.2) is 0 Å². The number of hydrogen-bond acceptors (Lipinski definition) is 4. The third-order valence-corrected chi connectivity index (χ3v) is 2.19. The molecule has 0 saturated heterocycles. The molecule has 0 aliphatic heterocycles. The zero-order valence-electron chi connectivity index (χ0n) is 7.00. The SMILES string of the molecule is Cc1nnc(CSC(C)C)o1. The van der Waals surface area contributed by atoms with Gasteiger partial charge in [-0.05, 0) is 5.25 Å². The average molecular weight is 172 g/mol. The van der Waals surface area contributed by atoms with E-state index in [1.807, 2.05) is 0 Å². The Hall–Kier alpha value is -0.510. The largest absolute Gasteiger partial charge is 0.425 e. The summed E-state index contributed by atoms with van der Waals surface area (Å²) in [6, 6.07) is 0. The zero-order chi connectivity index (χ0) is 8.27. The second-order valence-corrected chi connectivity index (χ2v) is 4.14. The number of aryl methyl sites for hydroxylation is 1. The maximum Gasteiger partial charge on any atom is 0.226 e. The second-order valence-electron chi connectivity index (χ2n) is 2.57. The Bertz CT molecular complexity index is 222. The third kappa shape index (κ3) is 2.93. The van der Waals surface area contributed by atoms with E-state index in [0.717, 1.165) is 11.6 Å². The molecule has 1 aromatic rings. The average Bonchev–Trinajstić information content (AvgIpc) is 2.31.